The molecule has 0 saturated carbocycles. The lowest BCUT2D eigenvalue weighted by molar-refractivity contribution is -0.906. The van der Waals surface area contributed by atoms with Gasteiger partial charge in [-0.15, -0.1) is 0 Å². The fourth-order valence-electron chi connectivity index (χ4n) is 3.89. The summed E-state index contributed by atoms with van der Waals surface area (Å²) in [7, 11) is 0. The fraction of sp³-hybridized carbons (Fsp3) is 0.478. The van der Waals surface area contributed by atoms with Crippen LogP contribution in [0, 0.1) is 0 Å². The Kier molecular flexibility index (Phi) is 7.10. The lowest BCUT2D eigenvalue weighted by atomic mass is 9.88. The predicted octanol–water partition coefficient (Wildman–Crippen LogP) is 3.36. The van der Waals surface area contributed by atoms with Crippen LogP contribution in [0.4, 0.5) is 0 Å². The Morgan fingerprint density at radius 2 is 1.62 bits per heavy atom. The Hall–Kier alpha value is -1.84. The summed E-state index contributed by atoms with van der Waals surface area (Å²) in [6.45, 7) is 6.26. The maximum Gasteiger partial charge on any atom is 0.119 e. The standard InChI is InChI=1S/C23H31NO2/c1-2-17-26-21-13-11-20(12-14-21)23(25)22(19-9-5-3-6-10-19)18-24-15-7-4-8-16-24/h3,5-6,9-14,22-23,25H,2,4,7-8,15-18H2,1H3/p+1/t22-,23+/m0/s1. The molecule has 2 N–H and O–H groups in total. The molecule has 0 radical (unpaired) electrons. The number of benzene rings is 2. The maximum atomic E-state index is 11.2. The van der Waals surface area contributed by atoms with Crippen molar-refractivity contribution >= 4 is 0 Å². The van der Waals surface area contributed by atoms with Crippen LogP contribution in [-0.4, -0.2) is 31.3 Å². The average Bonchev–Trinajstić information content (AvgIpc) is 2.72. The van der Waals surface area contributed by atoms with Gasteiger partial charge in [-0.1, -0.05) is 49.4 Å². The number of hydrogen-bond donors (Lipinski definition) is 2. The SMILES string of the molecule is CCCOc1ccc([C@@H](O)[C@@H](C[NH+]2CCCCC2)c2ccccc2)cc1. The van der Waals surface area contributed by atoms with E-state index in [-0.39, 0.29) is 5.92 Å². The van der Waals surface area contributed by atoms with Gasteiger partial charge in [0.15, 0.2) is 0 Å². The van der Waals surface area contributed by atoms with Crippen molar-refractivity contribution in [1.29, 1.82) is 0 Å². The molecule has 1 aliphatic rings. The molecule has 2 atom stereocenters. The Bertz CT molecular complexity index is 635. The number of hydrogen-bond acceptors (Lipinski definition) is 2. The molecule has 3 rings (SSSR count). The summed E-state index contributed by atoms with van der Waals surface area (Å²) in [5, 5.41) is 11.2. The second-order valence-corrected chi connectivity index (χ2v) is 7.39. The van der Waals surface area contributed by atoms with Gasteiger partial charge in [0.1, 0.15) is 5.75 Å². The zero-order valence-electron chi connectivity index (χ0n) is 15.9. The second-order valence-electron chi connectivity index (χ2n) is 7.39. The first-order valence-electron chi connectivity index (χ1n) is 10.1. The normalized spacial score (nSPS) is 17.6. The highest BCUT2D eigenvalue weighted by Crippen LogP contribution is 2.31. The van der Waals surface area contributed by atoms with Gasteiger partial charge in [-0.2, -0.15) is 0 Å². The van der Waals surface area contributed by atoms with E-state index in [0.717, 1.165) is 30.9 Å². The molecule has 1 saturated heterocycles. The Balaban J connectivity index is 1.76. The Morgan fingerprint density at radius 3 is 2.27 bits per heavy atom. The molecule has 0 bridgehead atoms. The van der Waals surface area contributed by atoms with Crippen LogP contribution in [0.3, 0.4) is 0 Å². The molecule has 2 aromatic carbocycles. The number of piperidine rings is 1. The molecular formula is C23H32NO2+. The number of ether oxygens (including phenoxy) is 1. The highest BCUT2D eigenvalue weighted by molar-refractivity contribution is 5.31. The number of likely N-dealkylation sites (tertiary alicyclic amines) is 1. The van der Waals surface area contributed by atoms with E-state index in [0.29, 0.717) is 0 Å². The topological polar surface area (TPSA) is 33.9 Å². The van der Waals surface area contributed by atoms with Crippen molar-refractivity contribution in [2.24, 2.45) is 0 Å². The summed E-state index contributed by atoms with van der Waals surface area (Å²) >= 11 is 0. The van der Waals surface area contributed by atoms with Gasteiger partial charge in [0, 0.05) is 0 Å². The summed E-state index contributed by atoms with van der Waals surface area (Å²) in [6, 6.07) is 18.5. The highest BCUT2D eigenvalue weighted by Gasteiger charge is 2.28. The molecule has 0 spiro atoms. The molecule has 1 heterocycles. The minimum absolute atomic E-state index is 0.117. The molecule has 3 heteroatoms. The second kappa shape index (κ2) is 9.75. The van der Waals surface area contributed by atoms with Gasteiger partial charge < -0.3 is 14.7 Å². The number of aliphatic hydroxyl groups is 1. The van der Waals surface area contributed by atoms with Crippen LogP contribution < -0.4 is 9.64 Å². The van der Waals surface area contributed by atoms with Gasteiger partial charge >= 0.3 is 0 Å². The largest absolute Gasteiger partial charge is 0.494 e. The number of aliphatic hydroxyl groups excluding tert-OH is 1. The molecule has 0 aliphatic carbocycles. The zero-order chi connectivity index (χ0) is 18.2. The van der Waals surface area contributed by atoms with Crippen LogP contribution in [0.25, 0.3) is 0 Å². The molecule has 1 fully saturated rings. The molecule has 0 amide bonds. The van der Waals surface area contributed by atoms with Crippen LogP contribution in [0.2, 0.25) is 0 Å². The van der Waals surface area contributed by atoms with Crippen molar-refractivity contribution in [1.82, 2.24) is 0 Å². The fourth-order valence-corrected chi connectivity index (χ4v) is 3.89. The predicted molar refractivity (Wildman–Crippen MR) is 106 cm³/mol. The van der Waals surface area contributed by atoms with Gasteiger partial charge in [-0.3, -0.25) is 0 Å². The van der Waals surface area contributed by atoms with E-state index in [1.807, 2.05) is 30.3 Å². The monoisotopic (exact) mass is 354 g/mol. The van der Waals surface area contributed by atoms with E-state index >= 15 is 0 Å². The first-order chi connectivity index (χ1) is 12.8. The van der Waals surface area contributed by atoms with Crippen LogP contribution in [0.5, 0.6) is 5.75 Å². The summed E-state index contributed by atoms with van der Waals surface area (Å²) in [5.41, 5.74) is 2.20. The third kappa shape index (κ3) is 5.09. The quantitative estimate of drug-likeness (QED) is 0.762. The van der Waals surface area contributed by atoms with Crippen molar-refractivity contribution < 1.29 is 14.7 Å². The zero-order valence-corrected chi connectivity index (χ0v) is 15.9. The number of quaternary nitrogens is 1. The van der Waals surface area contributed by atoms with Crippen molar-refractivity contribution in [2.45, 2.75) is 44.6 Å². The van der Waals surface area contributed by atoms with Crippen LogP contribution in [0.15, 0.2) is 54.6 Å². The van der Waals surface area contributed by atoms with E-state index in [1.165, 1.54) is 37.9 Å². The van der Waals surface area contributed by atoms with Crippen LogP contribution in [-0.2, 0) is 0 Å². The van der Waals surface area contributed by atoms with Gasteiger partial charge in [0.2, 0.25) is 0 Å². The van der Waals surface area contributed by atoms with Gasteiger partial charge in [-0.25, -0.2) is 0 Å². The van der Waals surface area contributed by atoms with Crippen molar-refractivity contribution in [3.63, 3.8) is 0 Å². The molecule has 0 unspecified atom stereocenters. The van der Waals surface area contributed by atoms with Crippen molar-refractivity contribution in [2.75, 3.05) is 26.2 Å². The minimum Gasteiger partial charge on any atom is -0.494 e. The molecule has 26 heavy (non-hydrogen) atoms. The van der Waals surface area contributed by atoms with E-state index in [9.17, 15) is 5.11 Å². The van der Waals surface area contributed by atoms with E-state index in [4.69, 9.17) is 4.74 Å². The Morgan fingerprint density at radius 1 is 0.923 bits per heavy atom. The van der Waals surface area contributed by atoms with E-state index < -0.39 is 6.10 Å². The molecular weight excluding hydrogens is 322 g/mol. The third-order valence-corrected chi connectivity index (χ3v) is 5.37. The first kappa shape index (κ1) is 18.9. The lowest BCUT2D eigenvalue weighted by Crippen LogP contribution is -3.13. The van der Waals surface area contributed by atoms with Gasteiger partial charge in [0.25, 0.3) is 0 Å². The summed E-state index contributed by atoms with van der Waals surface area (Å²) < 4.78 is 5.67. The average molecular weight is 355 g/mol. The summed E-state index contributed by atoms with van der Waals surface area (Å²) in [4.78, 5) is 1.62. The van der Waals surface area contributed by atoms with Gasteiger partial charge in [-0.05, 0) is 48.9 Å². The number of rotatable bonds is 8. The molecule has 3 nitrogen and oxygen atoms in total. The molecule has 0 aromatic heterocycles. The Labute approximate surface area is 157 Å². The first-order valence-corrected chi connectivity index (χ1v) is 10.1. The lowest BCUT2D eigenvalue weighted by Gasteiger charge is -2.30. The van der Waals surface area contributed by atoms with Crippen molar-refractivity contribution in [3.05, 3.63) is 65.7 Å². The van der Waals surface area contributed by atoms with Crippen LogP contribution >= 0.6 is 0 Å². The smallest absolute Gasteiger partial charge is 0.119 e. The summed E-state index contributed by atoms with van der Waals surface area (Å²) in [6.07, 6.45) is 4.46. The minimum atomic E-state index is -0.493. The van der Waals surface area contributed by atoms with Crippen molar-refractivity contribution in [3.8, 4) is 5.75 Å². The molecule has 1 aliphatic heterocycles. The molecule has 140 valence electrons. The molecule has 2 aromatic rings. The summed E-state index contributed by atoms with van der Waals surface area (Å²) in [5.74, 6) is 0.993. The van der Waals surface area contributed by atoms with E-state index in [2.05, 4.69) is 31.2 Å². The maximum absolute atomic E-state index is 11.2. The van der Waals surface area contributed by atoms with Crippen LogP contribution in [0.1, 0.15) is 55.8 Å². The third-order valence-electron chi connectivity index (χ3n) is 5.37. The number of nitrogens with one attached hydrogen (secondary N) is 1. The highest BCUT2D eigenvalue weighted by atomic mass is 16.5. The van der Waals surface area contributed by atoms with E-state index in [1.54, 1.807) is 4.90 Å². The van der Waals surface area contributed by atoms with Gasteiger partial charge in [0.05, 0.1) is 38.3 Å².